The lowest BCUT2D eigenvalue weighted by Gasteiger charge is -2.22. The van der Waals surface area contributed by atoms with Crippen LogP contribution in [0, 0.1) is 5.82 Å². The highest BCUT2D eigenvalue weighted by Gasteiger charge is 2.16. The fraction of sp³-hybridized carbons (Fsp3) is 0.286. The van der Waals surface area contributed by atoms with Crippen LogP contribution < -0.4 is 15.9 Å². The number of nitrogens with one attached hydrogen (secondary N) is 1. The maximum atomic E-state index is 13.3. The lowest BCUT2D eigenvalue weighted by atomic mass is 10.1. The fourth-order valence-corrected chi connectivity index (χ4v) is 2.94. The summed E-state index contributed by atoms with van der Waals surface area (Å²) < 4.78 is 19.6. The van der Waals surface area contributed by atoms with Crippen molar-refractivity contribution in [1.29, 1.82) is 0 Å². The average Bonchev–Trinajstić information content (AvgIpc) is 2.72. The Bertz CT molecular complexity index is 1070. The third kappa shape index (κ3) is 4.97. The number of ether oxygens (including phenoxy) is 1. The Labute approximate surface area is 167 Å². The first-order chi connectivity index (χ1) is 14.0. The van der Waals surface area contributed by atoms with Crippen molar-refractivity contribution < 1.29 is 13.9 Å². The number of methoxy groups -OCH3 is 1. The van der Waals surface area contributed by atoms with Crippen molar-refractivity contribution in [2.24, 2.45) is 0 Å². The molecule has 1 amide bonds. The second-order valence-electron chi connectivity index (χ2n) is 6.65. The van der Waals surface area contributed by atoms with E-state index in [9.17, 15) is 14.0 Å². The van der Waals surface area contributed by atoms with Gasteiger partial charge in [0.25, 0.3) is 5.56 Å². The Morgan fingerprint density at radius 3 is 2.79 bits per heavy atom. The molecule has 8 heteroatoms. The molecule has 1 N–H and O–H groups in total. The molecule has 0 saturated heterocycles. The first-order valence-electron chi connectivity index (χ1n) is 9.26. The number of hydrogen-bond donors (Lipinski definition) is 1. The SMILES string of the molecule is COCCN(C)c1nc2ccccc2c(=O)n1NC(=O)CCc1cccc(F)c1. The monoisotopic (exact) mass is 398 g/mol. The number of amides is 1. The molecular weight excluding hydrogens is 375 g/mol. The minimum absolute atomic E-state index is 0.101. The number of anilines is 1. The molecule has 0 spiro atoms. The summed E-state index contributed by atoms with van der Waals surface area (Å²) in [7, 11) is 3.36. The van der Waals surface area contributed by atoms with Crippen LogP contribution in [0.1, 0.15) is 12.0 Å². The largest absolute Gasteiger partial charge is 0.383 e. The van der Waals surface area contributed by atoms with Gasteiger partial charge in [-0.05, 0) is 36.2 Å². The Morgan fingerprint density at radius 2 is 2.03 bits per heavy atom. The van der Waals surface area contributed by atoms with Crippen LogP contribution >= 0.6 is 0 Å². The van der Waals surface area contributed by atoms with Gasteiger partial charge in [-0.3, -0.25) is 15.0 Å². The van der Waals surface area contributed by atoms with E-state index in [1.807, 2.05) is 0 Å². The zero-order valence-electron chi connectivity index (χ0n) is 16.4. The Hall–Kier alpha value is -3.26. The zero-order valence-corrected chi connectivity index (χ0v) is 16.4. The molecule has 3 rings (SSSR count). The molecule has 0 unspecified atom stereocenters. The van der Waals surface area contributed by atoms with Gasteiger partial charge in [-0.15, -0.1) is 0 Å². The maximum absolute atomic E-state index is 13.3. The highest BCUT2D eigenvalue weighted by molar-refractivity contribution is 5.85. The van der Waals surface area contributed by atoms with E-state index >= 15 is 0 Å². The second kappa shape index (κ2) is 9.29. The summed E-state index contributed by atoms with van der Waals surface area (Å²) in [6.07, 6.45) is 0.456. The molecule has 7 nitrogen and oxygen atoms in total. The molecule has 0 aliphatic carbocycles. The number of likely N-dealkylation sites (N-methyl/N-ethyl adjacent to an activating group) is 1. The molecule has 0 atom stereocenters. The molecule has 152 valence electrons. The average molecular weight is 398 g/mol. The smallest absolute Gasteiger partial charge is 0.281 e. The molecule has 1 heterocycles. The lowest BCUT2D eigenvalue weighted by molar-refractivity contribution is -0.117. The summed E-state index contributed by atoms with van der Waals surface area (Å²) in [5.41, 5.74) is 3.53. The predicted octanol–water partition coefficient (Wildman–Crippen LogP) is 2.32. The third-order valence-electron chi connectivity index (χ3n) is 4.50. The van der Waals surface area contributed by atoms with Crippen LogP contribution in [0.4, 0.5) is 10.3 Å². The van der Waals surface area contributed by atoms with Gasteiger partial charge in [0.15, 0.2) is 0 Å². The third-order valence-corrected chi connectivity index (χ3v) is 4.50. The summed E-state index contributed by atoms with van der Waals surface area (Å²) in [4.78, 5) is 31.8. The van der Waals surface area contributed by atoms with E-state index in [0.29, 0.717) is 42.0 Å². The van der Waals surface area contributed by atoms with Crippen LogP contribution in [0.15, 0.2) is 53.3 Å². The van der Waals surface area contributed by atoms with Crippen LogP contribution in [0.2, 0.25) is 0 Å². The number of halogens is 1. The summed E-state index contributed by atoms with van der Waals surface area (Å²) in [5, 5.41) is 0.404. The molecule has 0 radical (unpaired) electrons. The number of carbonyl (C=O) groups excluding carboxylic acids is 1. The van der Waals surface area contributed by atoms with E-state index in [1.165, 1.54) is 12.1 Å². The van der Waals surface area contributed by atoms with E-state index in [1.54, 1.807) is 55.5 Å². The summed E-state index contributed by atoms with van der Waals surface area (Å²) in [5.74, 6) is -0.403. The van der Waals surface area contributed by atoms with Crippen molar-refractivity contribution in [1.82, 2.24) is 9.66 Å². The van der Waals surface area contributed by atoms with Gasteiger partial charge in [0.05, 0.1) is 17.5 Å². The van der Waals surface area contributed by atoms with Gasteiger partial charge >= 0.3 is 0 Å². The van der Waals surface area contributed by atoms with Crippen LogP contribution in [0.3, 0.4) is 0 Å². The highest BCUT2D eigenvalue weighted by atomic mass is 19.1. The van der Waals surface area contributed by atoms with Crippen LogP contribution in [-0.2, 0) is 16.0 Å². The summed E-state index contributed by atoms with van der Waals surface area (Å²) in [6, 6.07) is 13.1. The van der Waals surface area contributed by atoms with Gasteiger partial charge in [0.1, 0.15) is 5.82 Å². The van der Waals surface area contributed by atoms with Crippen LogP contribution in [0.5, 0.6) is 0 Å². The van der Waals surface area contributed by atoms with Gasteiger partial charge < -0.3 is 9.64 Å². The van der Waals surface area contributed by atoms with Gasteiger partial charge in [0.2, 0.25) is 11.9 Å². The number of hydrogen-bond acceptors (Lipinski definition) is 5. The van der Waals surface area contributed by atoms with Gasteiger partial charge in [-0.25, -0.2) is 9.37 Å². The molecule has 3 aromatic rings. The minimum atomic E-state index is -0.367. The van der Waals surface area contributed by atoms with Crippen molar-refractivity contribution >= 4 is 22.8 Å². The molecule has 0 saturated carbocycles. The number of para-hydroxylation sites is 1. The number of nitrogens with zero attached hydrogens (tertiary/aromatic N) is 3. The van der Waals surface area contributed by atoms with E-state index in [0.717, 1.165) is 4.68 Å². The Morgan fingerprint density at radius 1 is 1.24 bits per heavy atom. The van der Waals surface area contributed by atoms with Gasteiger partial charge in [-0.2, -0.15) is 4.68 Å². The summed E-state index contributed by atoms with van der Waals surface area (Å²) in [6.45, 7) is 0.924. The molecule has 2 aromatic carbocycles. The number of carbonyl (C=O) groups is 1. The molecular formula is C21H23FN4O3. The molecule has 0 bridgehead atoms. The van der Waals surface area contributed by atoms with E-state index in [-0.39, 0.29) is 23.7 Å². The number of aromatic nitrogens is 2. The van der Waals surface area contributed by atoms with Crippen LogP contribution in [-0.4, -0.2) is 42.9 Å². The first kappa shape index (κ1) is 20.5. The van der Waals surface area contributed by atoms with Crippen molar-refractivity contribution in [3.63, 3.8) is 0 Å². The normalized spacial score (nSPS) is 10.9. The molecule has 0 aliphatic heterocycles. The highest BCUT2D eigenvalue weighted by Crippen LogP contribution is 2.13. The Kier molecular flexibility index (Phi) is 6.56. The first-order valence-corrected chi connectivity index (χ1v) is 9.26. The summed E-state index contributed by atoms with van der Waals surface area (Å²) >= 11 is 0. The quantitative estimate of drug-likeness (QED) is 0.630. The van der Waals surface area contributed by atoms with Crippen molar-refractivity contribution in [2.75, 3.05) is 37.6 Å². The van der Waals surface area contributed by atoms with Gasteiger partial charge in [-0.1, -0.05) is 24.3 Å². The van der Waals surface area contributed by atoms with E-state index < -0.39 is 0 Å². The molecule has 0 fully saturated rings. The molecule has 29 heavy (non-hydrogen) atoms. The van der Waals surface area contributed by atoms with Crippen molar-refractivity contribution in [3.05, 3.63) is 70.3 Å². The molecule has 1 aromatic heterocycles. The second-order valence-corrected chi connectivity index (χ2v) is 6.65. The van der Waals surface area contributed by atoms with Gasteiger partial charge in [0, 0.05) is 27.1 Å². The topological polar surface area (TPSA) is 76.5 Å². The minimum Gasteiger partial charge on any atom is -0.383 e. The lowest BCUT2D eigenvalue weighted by Crippen LogP contribution is -2.39. The fourth-order valence-electron chi connectivity index (χ4n) is 2.94. The number of aryl methyl sites for hydroxylation is 1. The number of rotatable bonds is 8. The zero-order chi connectivity index (χ0) is 20.8. The standard InChI is InChI=1S/C21H23FN4O3/c1-25(12-13-29-2)21-23-18-9-4-3-8-17(18)20(28)26(21)24-19(27)11-10-15-6-5-7-16(22)14-15/h3-9,14H,10-13H2,1-2H3,(H,24,27). The number of fused-ring (bicyclic) bond motifs is 1. The predicted molar refractivity (Wildman–Crippen MR) is 110 cm³/mol. The van der Waals surface area contributed by atoms with Crippen LogP contribution in [0.25, 0.3) is 10.9 Å². The maximum Gasteiger partial charge on any atom is 0.281 e. The van der Waals surface area contributed by atoms with E-state index in [4.69, 9.17) is 4.74 Å². The number of benzene rings is 2. The van der Waals surface area contributed by atoms with Crippen molar-refractivity contribution in [2.45, 2.75) is 12.8 Å². The van der Waals surface area contributed by atoms with Crippen molar-refractivity contribution in [3.8, 4) is 0 Å². The molecule has 0 aliphatic rings. The van der Waals surface area contributed by atoms with E-state index in [2.05, 4.69) is 10.4 Å². The Balaban J connectivity index is 1.86.